The normalized spacial score (nSPS) is 31.2. The lowest BCUT2D eigenvalue weighted by molar-refractivity contribution is -0.00970. The van der Waals surface area contributed by atoms with E-state index in [9.17, 15) is 0 Å². The first-order valence-electron chi connectivity index (χ1n) is 6.98. The van der Waals surface area contributed by atoms with Crippen molar-refractivity contribution in [2.75, 3.05) is 46.1 Å². The maximum atomic E-state index is 5.93. The predicted molar refractivity (Wildman–Crippen MR) is 74.2 cm³/mol. The summed E-state index contributed by atoms with van der Waals surface area (Å²) in [6.45, 7) is 9.49. The molecular weight excluding hydrogens is 264 g/mol. The van der Waals surface area contributed by atoms with E-state index in [2.05, 4.69) is 10.1 Å². The molecule has 0 spiro atoms. The van der Waals surface area contributed by atoms with Crippen molar-refractivity contribution in [3.05, 3.63) is 0 Å². The van der Waals surface area contributed by atoms with Crippen LogP contribution in [0.25, 0.3) is 0 Å². The topological polar surface area (TPSA) is 52.5 Å². The molecule has 0 aromatic heterocycles. The van der Waals surface area contributed by atoms with Crippen molar-refractivity contribution in [1.29, 1.82) is 0 Å². The number of hydrogen-bond acceptors (Lipinski definition) is 6. The zero-order chi connectivity index (χ0) is 13.6. The monoisotopic (exact) mass is 288 g/mol. The summed E-state index contributed by atoms with van der Waals surface area (Å²) in [4.78, 5) is 7.53. The summed E-state index contributed by atoms with van der Waals surface area (Å²) >= 11 is 0. The Morgan fingerprint density at radius 3 is 2.21 bits per heavy atom. The van der Waals surface area contributed by atoms with Crippen LogP contribution in [0.5, 0.6) is 0 Å². The van der Waals surface area contributed by atoms with Crippen LogP contribution >= 0.6 is 0 Å². The molecule has 3 rings (SSSR count). The molecule has 0 atom stereocenters. The van der Waals surface area contributed by atoms with Crippen LogP contribution in [-0.2, 0) is 18.1 Å². The van der Waals surface area contributed by atoms with Gasteiger partial charge in [0.15, 0.2) is 0 Å². The predicted octanol–water partition coefficient (Wildman–Crippen LogP) is 1.11. The molecule has 19 heavy (non-hydrogen) atoms. The molecule has 3 aliphatic heterocycles. The number of hydrogen-bond donors (Lipinski definition) is 0. The highest BCUT2D eigenvalue weighted by atomic mass is 28.4. The van der Waals surface area contributed by atoms with Gasteiger partial charge in [0.1, 0.15) is 6.61 Å². The van der Waals surface area contributed by atoms with Gasteiger partial charge in [-0.15, -0.1) is 0 Å². The molecular formula is C12H24N2O4Si. The summed E-state index contributed by atoms with van der Waals surface area (Å²) in [5.41, 5.74) is 0.927. The minimum atomic E-state index is -2.46. The SMILES string of the molecule is CC(C)=NOCCC[Si]12OCCN(CCO1)CCO2. The molecule has 3 saturated heterocycles. The number of nitrogens with zero attached hydrogens (tertiary/aromatic N) is 2. The summed E-state index contributed by atoms with van der Waals surface area (Å²) < 4.78 is 17.8. The minimum Gasteiger partial charge on any atom is -0.396 e. The average Bonchev–Trinajstić information content (AvgIpc) is 2.28. The molecule has 2 bridgehead atoms. The van der Waals surface area contributed by atoms with Gasteiger partial charge in [-0.05, 0) is 20.3 Å². The highest BCUT2D eigenvalue weighted by molar-refractivity contribution is 6.60. The standard InChI is InChI=1S/C12H24N2O4Si/c1-12(2)13-15-7-3-11-19-16-8-4-14(5-9-17-19)6-10-18-19/h3-11H2,1-2H3. The third-order valence-corrected chi connectivity index (χ3v) is 6.05. The van der Waals surface area contributed by atoms with E-state index in [1.165, 1.54) is 0 Å². The third-order valence-electron chi connectivity index (χ3n) is 3.15. The first kappa shape index (κ1) is 14.9. The quantitative estimate of drug-likeness (QED) is 0.328. The van der Waals surface area contributed by atoms with Crippen molar-refractivity contribution in [2.45, 2.75) is 26.3 Å². The molecule has 0 aromatic rings. The Balaban J connectivity index is 1.79. The molecule has 3 fully saturated rings. The molecule has 0 radical (unpaired) electrons. The summed E-state index contributed by atoms with van der Waals surface area (Å²) in [7, 11) is -2.46. The second kappa shape index (κ2) is 7.35. The lowest BCUT2D eigenvalue weighted by atomic mass is 10.4. The molecule has 0 unspecified atom stereocenters. The molecule has 3 aliphatic rings. The number of fused-ring (bicyclic) bond motifs is 6. The smallest absolute Gasteiger partial charge is 0.396 e. The van der Waals surface area contributed by atoms with Crippen LogP contribution in [0.2, 0.25) is 6.04 Å². The van der Waals surface area contributed by atoms with Gasteiger partial charge in [-0.3, -0.25) is 4.90 Å². The molecule has 6 nitrogen and oxygen atoms in total. The lowest BCUT2D eigenvalue weighted by Gasteiger charge is -2.38. The van der Waals surface area contributed by atoms with Gasteiger partial charge in [0.2, 0.25) is 0 Å². The lowest BCUT2D eigenvalue weighted by Crippen LogP contribution is -2.55. The Hall–Kier alpha value is -0.473. The van der Waals surface area contributed by atoms with Crippen molar-refractivity contribution in [2.24, 2.45) is 5.16 Å². The Kier molecular flexibility index (Phi) is 5.77. The Morgan fingerprint density at radius 2 is 1.68 bits per heavy atom. The molecule has 0 N–H and O–H groups in total. The van der Waals surface area contributed by atoms with Crippen LogP contribution < -0.4 is 0 Å². The van der Waals surface area contributed by atoms with Gasteiger partial charge in [-0.2, -0.15) is 0 Å². The van der Waals surface area contributed by atoms with Gasteiger partial charge in [-0.1, -0.05) is 5.16 Å². The van der Waals surface area contributed by atoms with E-state index in [1.807, 2.05) is 13.8 Å². The third kappa shape index (κ3) is 4.85. The van der Waals surface area contributed by atoms with E-state index >= 15 is 0 Å². The fourth-order valence-corrected chi connectivity index (χ4v) is 4.66. The summed E-state index contributed by atoms with van der Waals surface area (Å²) in [6, 6.07) is 0.811. The number of oxime groups is 1. The van der Waals surface area contributed by atoms with Crippen molar-refractivity contribution < 1.29 is 18.1 Å². The maximum Gasteiger partial charge on any atom is 0.501 e. The second-order valence-corrected chi connectivity index (χ2v) is 7.78. The van der Waals surface area contributed by atoms with E-state index in [-0.39, 0.29) is 0 Å². The van der Waals surface area contributed by atoms with Crippen LogP contribution in [-0.4, -0.2) is 65.5 Å². The van der Waals surface area contributed by atoms with Crippen molar-refractivity contribution in [3.8, 4) is 0 Å². The van der Waals surface area contributed by atoms with Crippen LogP contribution in [0.1, 0.15) is 20.3 Å². The van der Waals surface area contributed by atoms with Crippen LogP contribution in [0.15, 0.2) is 5.16 Å². The van der Waals surface area contributed by atoms with Crippen molar-refractivity contribution in [1.82, 2.24) is 4.90 Å². The highest BCUT2D eigenvalue weighted by Gasteiger charge is 2.43. The Labute approximate surface area is 116 Å². The van der Waals surface area contributed by atoms with Gasteiger partial charge < -0.3 is 18.1 Å². The van der Waals surface area contributed by atoms with Gasteiger partial charge in [0.25, 0.3) is 0 Å². The Morgan fingerprint density at radius 1 is 1.11 bits per heavy atom. The highest BCUT2D eigenvalue weighted by Crippen LogP contribution is 2.21. The summed E-state index contributed by atoms with van der Waals surface area (Å²) in [5, 5.41) is 3.92. The minimum absolute atomic E-state index is 0.585. The molecule has 7 heteroatoms. The first-order chi connectivity index (χ1) is 9.20. The van der Waals surface area contributed by atoms with E-state index in [4.69, 9.17) is 18.1 Å². The van der Waals surface area contributed by atoms with Crippen LogP contribution in [0.4, 0.5) is 0 Å². The van der Waals surface area contributed by atoms with E-state index in [1.54, 1.807) is 0 Å². The average molecular weight is 288 g/mol. The van der Waals surface area contributed by atoms with Gasteiger partial charge >= 0.3 is 8.80 Å². The molecule has 0 saturated carbocycles. The van der Waals surface area contributed by atoms with Gasteiger partial charge in [0.05, 0.1) is 25.5 Å². The van der Waals surface area contributed by atoms with Gasteiger partial charge in [-0.25, -0.2) is 0 Å². The first-order valence-corrected chi connectivity index (χ1v) is 8.91. The second-order valence-electron chi connectivity index (χ2n) is 5.05. The van der Waals surface area contributed by atoms with Crippen molar-refractivity contribution in [3.63, 3.8) is 0 Å². The summed E-state index contributed by atoms with van der Waals surface area (Å²) in [6.07, 6.45) is 0.854. The fourth-order valence-electron chi connectivity index (χ4n) is 2.20. The maximum absolute atomic E-state index is 5.93. The zero-order valence-corrected chi connectivity index (χ0v) is 12.9. The molecule has 0 aliphatic carbocycles. The van der Waals surface area contributed by atoms with Crippen LogP contribution in [0.3, 0.4) is 0 Å². The van der Waals surface area contributed by atoms with E-state index in [0.717, 1.165) is 37.8 Å². The molecule has 0 amide bonds. The fraction of sp³-hybridized carbons (Fsp3) is 0.917. The number of rotatable bonds is 5. The molecule has 3 heterocycles. The largest absolute Gasteiger partial charge is 0.501 e. The van der Waals surface area contributed by atoms with Crippen molar-refractivity contribution >= 4 is 14.5 Å². The van der Waals surface area contributed by atoms with E-state index < -0.39 is 8.80 Å². The van der Waals surface area contributed by atoms with Gasteiger partial charge in [0, 0.05) is 25.7 Å². The zero-order valence-electron chi connectivity index (χ0n) is 11.9. The Bertz CT molecular complexity index is 284. The molecule has 0 aromatic carbocycles. The molecule has 110 valence electrons. The summed E-state index contributed by atoms with van der Waals surface area (Å²) in [5.74, 6) is 0. The van der Waals surface area contributed by atoms with Crippen LogP contribution in [0, 0.1) is 0 Å². The van der Waals surface area contributed by atoms with E-state index in [0.29, 0.717) is 26.4 Å².